The van der Waals surface area contributed by atoms with E-state index in [2.05, 4.69) is 43.7 Å². The minimum atomic E-state index is 0.123. The number of rotatable bonds is 9. The number of aromatic nitrogens is 1. The van der Waals surface area contributed by atoms with Crippen LogP contribution in [0.4, 0.5) is 0 Å². The summed E-state index contributed by atoms with van der Waals surface area (Å²) < 4.78 is 5.28. The lowest BCUT2D eigenvalue weighted by molar-refractivity contribution is 0.0778. The summed E-state index contributed by atoms with van der Waals surface area (Å²) in [5, 5.41) is 10.2. The summed E-state index contributed by atoms with van der Waals surface area (Å²) in [5.74, 6) is 0.920. The van der Waals surface area contributed by atoms with E-state index in [9.17, 15) is 0 Å². The Hall–Kier alpha value is -1.14. The zero-order valence-corrected chi connectivity index (χ0v) is 18.0. The van der Waals surface area contributed by atoms with Gasteiger partial charge in [0.25, 0.3) is 0 Å². The van der Waals surface area contributed by atoms with Crippen molar-refractivity contribution in [3.05, 3.63) is 16.1 Å². The van der Waals surface area contributed by atoms with Gasteiger partial charge in [-0.2, -0.15) is 0 Å². The van der Waals surface area contributed by atoms with Crippen LogP contribution in [0.5, 0.6) is 0 Å². The van der Waals surface area contributed by atoms with Gasteiger partial charge in [0.15, 0.2) is 5.96 Å². The summed E-state index contributed by atoms with van der Waals surface area (Å²) in [5.41, 5.74) is 1.66. The Morgan fingerprint density at radius 1 is 1.35 bits per heavy atom. The highest BCUT2D eigenvalue weighted by molar-refractivity contribution is 7.09. The predicted molar refractivity (Wildman–Crippen MR) is 111 cm³/mol. The van der Waals surface area contributed by atoms with Crippen molar-refractivity contribution in [3.8, 4) is 0 Å². The lowest BCUT2D eigenvalue weighted by atomic mass is 9.67. The van der Waals surface area contributed by atoms with Crippen LogP contribution in [0.1, 0.15) is 64.1 Å². The maximum Gasteiger partial charge on any atom is 0.191 e. The molecule has 0 radical (unpaired) electrons. The summed E-state index contributed by atoms with van der Waals surface area (Å²) in [7, 11) is 1.78. The number of nitrogens with one attached hydrogen (secondary N) is 2. The molecule has 0 saturated heterocycles. The molecule has 1 saturated carbocycles. The maximum absolute atomic E-state index is 5.28. The first kappa shape index (κ1) is 21.2. The van der Waals surface area contributed by atoms with Crippen LogP contribution in [0, 0.1) is 5.41 Å². The average molecular weight is 381 g/mol. The van der Waals surface area contributed by atoms with Crippen LogP contribution in [0.25, 0.3) is 0 Å². The second-order valence-electron chi connectivity index (χ2n) is 8.34. The standard InChI is InChI=1S/C20H36N4OS/c1-6-21-18(23-15-20(9-7-10-20)11-13-25-5)22-12-8-17-24-16(14-26-17)19(2,3)4/h14H,6-13,15H2,1-5H3,(H2,21,22,23). The highest BCUT2D eigenvalue weighted by Gasteiger charge is 2.36. The molecule has 1 aromatic heterocycles. The highest BCUT2D eigenvalue weighted by Crippen LogP contribution is 2.44. The lowest BCUT2D eigenvalue weighted by Gasteiger charge is -2.40. The van der Waals surface area contributed by atoms with Crippen molar-refractivity contribution in [3.63, 3.8) is 0 Å². The molecule has 26 heavy (non-hydrogen) atoms. The van der Waals surface area contributed by atoms with Crippen molar-refractivity contribution in [2.75, 3.05) is 33.4 Å². The van der Waals surface area contributed by atoms with E-state index in [0.29, 0.717) is 5.41 Å². The largest absolute Gasteiger partial charge is 0.385 e. The van der Waals surface area contributed by atoms with Gasteiger partial charge in [-0.05, 0) is 31.6 Å². The van der Waals surface area contributed by atoms with E-state index in [0.717, 1.165) is 45.0 Å². The zero-order chi connectivity index (χ0) is 19.0. The summed E-state index contributed by atoms with van der Waals surface area (Å²) in [6, 6.07) is 0. The van der Waals surface area contributed by atoms with E-state index in [-0.39, 0.29) is 5.41 Å². The normalized spacial score (nSPS) is 17.0. The minimum Gasteiger partial charge on any atom is -0.385 e. The second-order valence-corrected chi connectivity index (χ2v) is 9.29. The molecule has 0 unspecified atom stereocenters. The number of ether oxygens (including phenoxy) is 1. The second kappa shape index (κ2) is 9.70. The Balaban J connectivity index is 1.84. The third-order valence-electron chi connectivity index (χ3n) is 5.12. The highest BCUT2D eigenvalue weighted by atomic mass is 32.1. The third-order valence-corrected chi connectivity index (χ3v) is 6.03. The monoisotopic (exact) mass is 380 g/mol. The number of nitrogens with zero attached hydrogens (tertiary/aromatic N) is 2. The van der Waals surface area contributed by atoms with Gasteiger partial charge in [-0.25, -0.2) is 4.98 Å². The fourth-order valence-corrected chi connectivity index (χ4v) is 4.15. The molecule has 1 aliphatic rings. The Kier molecular flexibility index (Phi) is 7.89. The third kappa shape index (κ3) is 6.23. The molecule has 2 rings (SSSR count). The van der Waals surface area contributed by atoms with E-state index in [1.54, 1.807) is 18.4 Å². The Labute approximate surface area is 163 Å². The molecule has 148 valence electrons. The molecule has 1 aliphatic carbocycles. The molecule has 0 atom stereocenters. The summed E-state index contributed by atoms with van der Waals surface area (Å²) in [6.07, 6.45) is 5.91. The van der Waals surface area contributed by atoms with Crippen molar-refractivity contribution in [2.45, 2.75) is 65.2 Å². The lowest BCUT2D eigenvalue weighted by Crippen LogP contribution is -2.41. The first-order valence-electron chi connectivity index (χ1n) is 9.84. The van der Waals surface area contributed by atoms with E-state index in [1.807, 2.05) is 0 Å². The van der Waals surface area contributed by atoms with Crippen LogP contribution < -0.4 is 10.6 Å². The van der Waals surface area contributed by atoms with E-state index >= 15 is 0 Å². The Morgan fingerprint density at radius 2 is 2.12 bits per heavy atom. The first-order chi connectivity index (χ1) is 12.4. The van der Waals surface area contributed by atoms with Gasteiger partial charge in [0, 0.05) is 50.6 Å². The zero-order valence-electron chi connectivity index (χ0n) is 17.2. The van der Waals surface area contributed by atoms with E-state index in [4.69, 9.17) is 14.7 Å². The van der Waals surface area contributed by atoms with E-state index in [1.165, 1.54) is 30.0 Å². The molecular weight excluding hydrogens is 344 g/mol. The van der Waals surface area contributed by atoms with Crippen LogP contribution in [0.2, 0.25) is 0 Å². The SMILES string of the molecule is CCNC(=NCC1(CCOC)CCC1)NCCc1nc(C(C)(C)C)cs1. The Morgan fingerprint density at radius 3 is 2.65 bits per heavy atom. The Bertz CT molecular complexity index is 573. The molecular formula is C20H36N4OS. The first-order valence-corrected chi connectivity index (χ1v) is 10.7. The predicted octanol–water partition coefficient (Wildman–Crippen LogP) is 3.75. The van der Waals surface area contributed by atoms with Gasteiger partial charge in [0.1, 0.15) is 0 Å². The van der Waals surface area contributed by atoms with Crippen molar-refractivity contribution in [2.24, 2.45) is 10.4 Å². The van der Waals surface area contributed by atoms with Crippen LogP contribution in [-0.2, 0) is 16.6 Å². The van der Waals surface area contributed by atoms with E-state index < -0.39 is 0 Å². The van der Waals surface area contributed by atoms with Crippen molar-refractivity contribution in [1.82, 2.24) is 15.6 Å². The number of hydrogen-bond acceptors (Lipinski definition) is 4. The molecule has 0 spiro atoms. The summed E-state index contributed by atoms with van der Waals surface area (Å²) >= 11 is 1.76. The molecule has 0 aromatic carbocycles. The molecule has 6 heteroatoms. The van der Waals surface area contributed by atoms with Gasteiger partial charge in [-0.1, -0.05) is 27.2 Å². The van der Waals surface area contributed by atoms with Gasteiger partial charge in [0.2, 0.25) is 0 Å². The quantitative estimate of drug-likeness (QED) is 0.506. The summed E-state index contributed by atoms with van der Waals surface area (Å²) in [4.78, 5) is 9.63. The molecule has 1 fully saturated rings. The number of guanidine groups is 1. The number of hydrogen-bond donors (Lipinski definition) is 2. The molecule has 0 aliphatic heterocycles. The average Bonchev–Trinajstić information content (AvgIpc) is 3.02. The fraction of sp³-hybridized carbons (Fsp3) is 0.800. The number of methoxy groups -OCH3 is 1. The molecule has 2 N–H and O–H groups in total. The van der Waals surface area contributed by atoms with Crippen LogP contribution >= 0.6 is 11.3 Å². The summed E-state index contributed by atoms with van der Waals surface area (Å²) in [6.45, 7) is 12.2. The number of aliphatic imine (C=N–C) groups is 1. The van der Waals surface area contributed by atoms with Gasteiger partial charge >= 0.3 is 0 Å². The topological polar surface area (TPSA) is 58.5 Å². The van der Waals surface area contributed by atoms with Gasteiger partial charge in [0.05, 0.1) is 10.7 Å². The van der Waals surface area contributed by atoms with Crippen LogP contribution in [-0.4, -0.2) is 44.3 Å². The molecule has 1 heterocycles. The minimum absolute atomic E-state index is 0.123. The molecule has 1 aromatic rings. The molecule has 5 nitrogen and oxygen atoms in total. The van der Waals surface area contributed by atoms with Crippen LogP contribution in [0.15, 0.2) is 10.4 Å². The molecule has 0 amide bonds. The molecule has 0 bridgehead atoms. The maximum atomic E-state index is 5.28. The number of thiazole rings is 1. The fourth-order valence-electron chi connectivity index (χ4n) is 3.13. The smallest absolute Gasteiger partial charge is 0.191 e. The van der Waals surface area contributed by atoms with Crippen molar-refractivity contribution in [1.29, 1.82) is 0 Å². The van der Waals surface area contributed by atoms with Crippen LogP contribution in [0.3, 0.4) is 0 Å². The van der Waals surface area contributed by atoms with Crippen molar-refractivity contribution < 1.29 is 4.74 Å². The van der Waals surface area contributed by atoms with Gasteiger partial charge in [-0.15, -0.1) is 11.3 Å². The van der Waals surface area contributed by atoms with Gasteiger partial charge < -0.3 is 15.4 Å². The van der Waals surface area contributed by atoms with Crippen molar-refractivity contribution >= 4 is 17.3 Å². The van der Waals surface area contributed by atoms with Gasteiger partial charge in [-0.3, -0.25) is 4.99 Å².